The zero-order valence-electron chi connectivity index (χ0n) is 10.9. The fourth-order valence-corrected chi connectivity index (χ4v) is 1.72. The predicted octanol–water partition coefficient (Wildman–Crippen LogP) is 3.34. The van der Waals surface area contributed by atoms with Crippen molar-refractivity contribution < 1.29 is 23.1 Å². The monoisotopic (exact) mass is 269 g/mol. The van der Waals surface area contributed by atoms with Crippen LogP contribution in [-0.4, -0.2) is 29.3 Å². The van der Waals surface area contributed by atoms with E-state index >= 15 is 0 Å². The Morgan fingerprint density at radius 1 is 1.28 bits per heavy atom. The quantitative estimate of drug-likeness (QED) is 0.675. The fraction of sp³-hybridized carbons (Fsp3) is 0.917. The first-order chi connectivity index (χ1) is 8.26. The molecular formula is C12H22F3NO2. The summed E-state index contributed by atoms with van der Waals surface area (Å²) in [5.74, 6) is -0.939. The number of nitrogens with one attached hydrogen (secondary N) is 1. The molecule has 0 amide bonds. The highest BCUT2D eigenvalue weighted by Crippen LogP contribution is 2.22. The summed E-state index contributed by atoms with van der Waals surface area (Å²) in [7, 11) is 0. The number of hydrogen-bond acceptors (Lipinski definition) is 2. The normalized spacial score (nSPS) is 15.4. The van der Waals surface area contributed by atoms with E-state index in [9.17, 15) is 18.0 Å². The minimum atomic E-state index is -4.13. The zero-order valence-corrected chi connectivity index (χ0v) is 10.9. The first-order valence-electron chi connectivity index (χ1n) is 6.32. The molecule has 0 saturated heterocycles. The molecule has 6 heteroatoms. The third-order valence-electron chi connectivity index (χ3n) is 2.73. The Bertz CT molecular complexity index is 244. The van der Waals surface area contributed by atoms with Gasteiger partial charge in [0, 0.05) is 12.5 Å². The van der Waals surface area contributed by atoms with Gasteiger partial charge in [-0.3, -0.25) is 4.79 Å². The van der Waals surface area contributed by atoms with Crippen LogP contribution < -0.4 is 5.32 Å². The van der Waals surface area contributed by atoms with Crippen molar-refractivity contribution in [3.63, 3.8) is 0 Å². The number of rotatable bonds is 9. The Kier molecular flexibility index (Phi) is 7.98. The van der Waals surface area contributed by atoms with Crippen LogP contribution in [0, 0.1) is 0 Å². The van der Waals surface area contributed by atoms with Crippen LogP contribution in [0.2, 0.25) is 0 Å². The summed E-state index contributed by atoms with van der Waals surface area (Å²) in [6, 6.07) is -0.879. The van der Waals surface area contributed by atoms with Crippen LogP contribution in [0.4, 0.5) is 13.2 Å². The minimum Gasteiger partial charge on any atom is -0.480 e. The number of unbranched alkanes of at least 4 members (excludes halogenated alkanes) is 1. The molecule has 0 saturated carbocycles. The highest BCUT2D eigenvalue weighted by atomic mass is 19.4. The van der Waals surface area contributed by atoms with Crippen molar-refractivity contribution in [2.75, 3.05) is 0 Å². The van der Waals surface area contributed by atoms with Crippen LogP contribution in [-0.2, 0) is 4.79 Å². The summed E-state index contributed by atoms with van der Waals surface area (Å²) in [6.45, 7) is 3.68. The van der Waals surface area contributed by atoms with Crippen molar-refractivity contribution in [2.45, 2.75) is 70.6 Å². The molecule has 0 heterocycles. The van der Waals surface area contributed by atoms with Gasteiger partial charge in [0.05, 0.1) is 0 Å². The van der Waals surface area contributed by atoms with Gasteiger partial charge in [-0.1, -0.05) is 19.8 Å². The second-order valence-electron chi connectivity index (χ2n) is 4.61. The lowest BCUT2D eigenvalue weighted by Gasteiger charge is -2.20. The van der Waals surface area contributed by atoms with E-state index in [0.717, 1.165) is 12.8 Å². The van der Waals surface area contributed by atoms with Gasteiger partial charge < -0.3 is 10.4 Å². The first kappa shape index (κ1) is 17.2. The van der Waals surface area contributed by atoms with Crippen molar-refractivity contribution in [3.05, 3.63) is 0 Å². The molecule has 2 N–H and O–H groups in total. The molecule has 0 aliphatic rings. The number of carboxylic acids is 1. The SMILES string of the molecule is CCCCC(NC(C)CCCC(F)(F)F)C(=O)O. The predicted molar refractivity (Wildman–Crippen MR) is 63.5 cm³/mol. The Labute approximate surface area is 106 Å². The third kappa shape index (κ3) is 9.27. The van der Waals surface area contributed by atoms with E-state index in [4.69, 9.17) is 5.11 Å². The number of carbonyl (C=O) groups is 1. The fourth-order valence-electron chi connectivity index (χ4n) is 1.72. The molecule has 3 nitrogen and oxygen atoms in total. The number of hydrogen-bond donors (Lipinski definition) is 2. The lowest BCUT2D eigenvalue weighted by molar-refractivity contribution is -0.140. The highest BCUT2D eigenvalue weighted by Gasteiger charge is 2.26. The van der Waals surface area contributed by atoms with Crippen molar-refractivity contribution in [1.82, 2.24) is 5.32 Å². The molecule has 2 atom stereocenters. The molecule has 0 bridgehead atoms. The van der Waals surface area contributed by atoms with Gasteiger partial charge in [-0.05, 0) is 26.2 Å². The van der Waals surface area contributed by atoms with Crippen LogP contribution in [0.25, 0.3) is 0 Å². The molecule has 0 aromatic carbocycles. The molecule has 0 fully saturated rings. The molecule has 0 aromatic rings. The Balaban J connectivity index is 3.94. The number of alkyl halides is 3. The van der Waals surface area contributed by atoms with Crippen molar-refractivity contribution in [1.29, 1.82) is 0 Å². The van der Waals surface area contributed by atoms with Gasteiger partial charge in [0.15, 0.2) is 0 Å². The number of carboxylic acid groups (broad SMARTS) is 1. The van der Waals surface area contributed by atoms with E-state index in [1.165, 1.54) is 0 Å². The van der Waals surface area contributed by atoms with Crippen LogP contribution >= 0.6 is 0 Å². The van der Waals surface area contributed by atoms with Crippen LogP contribution in [0.5, 0.6) is 0 Å². The zero-order chi connectivity index (χ0) is 14.2. The van der Waals surface area contributed by atoms with Gasteiger partial charge in [-0.15, -0.1) is 0 Å². The summed E-state index contributed by atoms with van der Waals surface area (Å²) in [4.78, 5) is 10.9. The maximum atomic E-state index is 11.9. The lowest BCUT2D eigenvalue weighted by Crippen LogP contribution is -2.42. The maximum Gasteiger partial charge on any atom is 0.389 e. The summed E-state index contributed by atoms with van der Waals surface area (Å²) in [5.41, 5.74) is 0. The van der Waals surface area contributed by atoms with Crippen LogP contribution in [0.3, 0.4) is 0 Å². The summed E-state index contributed by atoms with van der Waals surface area (Å²) < 4.78 is 35.8. The van der Waals surface area contributed by atoms with E-state index < -0.39 is 24.6 Å². The van der Waals surface area contributed by atoms with Crippen molar-refractivity contribution in [2.24, 2.45) is 0 Å². The summed E-state index contributed by atoms with van der Waals surface area (Å²) >= 11 is 0. The van der Waals surface area contributed by atoms with E-state index in [2.05, 4.69) is 5.32 Å². The molecule has 0 aromatic heterocycles. The van der Waals surface area contributed by atoms with Gasteiger partial charge in [0.2, 0.25) is 0 Å². The molecule has 0 spiro atoms. The Morgan fingerprint density at radius 2 is 1.89 bits per heavy atom. The molecule has 0 radical (unpaired) electrons. The molecule has 108 valence electrons. The van der Waals surface area contributed by atoms with Crippen molar-refractivity contribution >= 4 is 5.97 Å². The van der Waals surface area contributed by atoms with Crippen LogP contribution in [0.1, 0.15) is 52.4 Å². The first-order valence-corrected chi connectivity index (χ1v) is 6.32. The standard InChI is InChI=1S/C12H22F3NO2/c1-3-4-7-10(11(17)18)16-9(2)6-5-8-12(13,14)15/h9-10,16H,3-8H2,1-2H3,(H,17,18). The summed E-state index contributed by atoms with van der Waals surface area (Å²) in [6.07, 6.45) is -2.39. The topological polar surface area (TPSA) is 49.3 Å². The van der Waals surface area contributed by atoms with Gasteiger partial charge in [-0.2, -0.15) is 13.2 Å². The third-order valence-corrected chi connectivity index (χ3v) is 2.73. The minimum absolute atomic E-state index is 0.0256. The van der Waals surface area contributed by atoms with Gasteiger partial charge in [0.25, 0.3) is 0 Å². The average molecular weight is 269 g/mol. The molecule has 0 aliphatic carbocycles. The Morgan fingerprint density at radius 3 is 2.33 bits per heavy atom. The number of aliphatic carboxylic acids is 1. The van der Waals surface area contributed by atoms with E-state index in [1.54, 1.807) is 6.92 Å². The summed E-state index contributed by atoms with van der Waals surface area (Å²) in [5, 5.41) is 11.8. The molecule has 2 unspecified atom stereocenters. The van der Waals surface area contributed by atoms with E-state index in [0.29, 0.717) is 12.8 Å². The average Bonchev–Trinajstić information content (AvgIpc) is 2.21. The molecular weight excluding hydrogens is 247 g/mol. The van der Waals surface area contributed by atoms with Gasteiger partial charge in [0.1, 0.15) is 6.04 Å². The van der Waals surface area contributed by atoms with E-state index in [-0.39, 0.29) is 12.5 Å². The van der Waals surface area contributed by atoms with E-state index in [1.807, 2.05) is 6.92 Å². The number of halogens is 3. The van der Waals surface area contributed by atoms with Gasteiger partial charge >= 0.3 is 12.1 Å². The Hall–Kier alpha value is -0.780. The molecule has 18 heavy (non-hydrogen) atoms. The van der Waals surface area contributed by atoms with Crippen LogP contribution in [0.15, 0.2) is 0 Å². The highest BCUT2D eigenvalue weighted by molar-refractivity contribution is 5.73. The molecule has 0 aliphatic heterocycles. The largest absolute Gasteiger partial charge is 0.480 e. The smallest absolute Gasteiger partial charge is 0.389 e. The second kappa shape index (κ2) is 8.34. The van der Waals surface area contributed by atoms with Crippen molar-refractivity contribution in [3.8, 4) is 0 Å². The molecule has 0 rings (SSSR count). The van der Waals surface area contributed by atoms with Gasteiger partial charge in [-0.25, -0.2) is 0 Å². The second-order valence-corrected chi connectivity index (χ2v) is 4.61. The lowest BCUT2D eigenvalue weighted by atomic mass is 10.1. The maximum absolute atomic E-state index is 11.9.